The molecule has 2 aliphatic carbocycles. The van der Waals surface area contributed by atoms with Gasteiger partial charge in [-0.25, -0.2) is 0 Å². The molecule has 2 saturated carbocycles. The number of fused-ring (bicyclic) bond motifs is 2. The third-order valence-electron chi connectivity index (χ3n) is 5.44. The Hall–Kier alpha value is -0.510. The number of nitrogens with zero attached hydrogens (tertiary/aromatic N) is 1. The molecule has 1 unspecified atom stereocenters. The Kier molecular flexibility index (Phi) is 3.40. The lowest BCUT2D eigenvalue weighted by Crippen LogP contribution is -2.38. The molecule has 0 aromatic heterocycles. The molecule has 0 radical (unpaired) electrons. The van der Waals surface area contributed by atoms with E-state index in [4.69, 9.17) is 4.99 Å². The van der Waals surface area contributed by atoms with E-state index in [2.05, 4.69) is 19.2 Å². The molecule has 3 nitrogen and oxygen atoms in total. The van der Waals surface area contributed by atoms with Gasteiger partial charge in [0.25, 0.3) is 0 Å². The molecule has 1 saturated heterocycles. The fourth-order valence-electron chi connectivity index (χ4n) is 3.75. The molecule has 0 spiro atoms. The fraction of sp³-hybridized carbons (Fsp3) is 0.867. The number of hydrogen-bond donors (Lipinski definition) is 1. The smallest absolute Gasteiger partial charge is 0.242 e. The number of carbonyl (C=O) groups is 1. The van der Waals surface area contributed by atoms with Crippen LogP contribution >= 0.6 is 11.8 Å². The van der Waals surface area contributed by atoms with Gasteiger partial charge in [0.05, 0.1) is 0 Å². The van der Waals surface area contributed by atoms with Gasteiger partial charge in [-0.1, -0.05) is 32.0 Å². The van der Waals surface area contributed by atoms with Crippen molar-refractivity contribution in [3.63, 3.8) is 0 Å². The number of amidine groups is 1. The molecule has 3 rings (SSSR count). The zero-order valence-corrected chi connectivity index (χ0v) is 12.9. The topological polar surface area (TPSA) is 41.5 Å². The van der Waals surface area contributed by atoms with E-state index in [1.54, 1.807) is 11.8 Å². The molecule has 19 heavy (non-hydrogen) atoms. The van der Waals surface area contributed by atoms with Crippen molar-refractivity contribution in [3.8, 4) is 0 Å². The first kappa shape index (κ1) is 13.5. The van der Waals surface area contributed by atoms with Crippen LogP contribution in [-0.2, 0) is 4.79 Å². The minimum absolute atomic E-state index is 0.124. The van der Waals surface area contributed by atoms with Crippen molar-refractivity contribution in [2.75, 3.05) is 6.54 Å². The van der Waals surface area contributed by atoms with E-state index in [1.165, 1.54) is 25.7 Å². The molecule has 0 aromatic carbocycles. The normalized spacial score (nSPS) is 43.5. The quantitative estimate of drug-likeness (QED) is 0.863. The maximum absolute atomic E-state index is 12.1. The zero-order chi connectivity index (χ0) is 13.6. The van der Waals surface area contributed by atoms with Crippen LogP contribution in [-0.4, -0.2) is 22.4 Å². The van der Waals surface area contributed by atoms with Gasteiger partial charge in [-0.2, -0.15) is 0 Å². The molecule has 3 fully saturated rings. The Balaban J connectivity index is 1.62. The first-order chi connectivity index (χ1) is 8.99. The number of aliphatic imine (C=N–C) groups is 1. The van der Waals surface area contributed by atoms with Gasteiger partial charge in [0.15, 0.2) is 5.17 Å². The number of thioether (sulfide) groups is 1. The minimum Gasteiger partial charge on any atom is -0.304 e. The van der Waals surface area contributed by atoms with Gasteiger partial charge in [-0.3, -0.25) is 9.79 Å². The van der Waals surface area contributed by atoms with Crippen LogP contribution in [0.15, 0.2) is 4.99 Å². The summed E-state index contributed by atoms with van der Waals surface area (Å²) in [7, 11) is 0. The van der Waals surface area contributed by atoms with Crippen LogP contribution in [0.5, 0.6) is 0 Å². The molecular formula is C15H24N2OS. The highest BCUT2D eigenvalue weighted by molar-refractivity contribution is 8.16. The number of nitrogens with one attached hydrogen (secondary N) is 1. The Labute approximate surface area is 120 Å². The Morgan fingerprint density at radius 3 is 2.74 bits per heavy atom. The molecular weight excluding hydrogens is 256 g/mol. The largest absolute Gasteiger partial charge is 0.304 e. The number of rotatable bonds is 3. The van der Waals surface area contributed by atoms with Crippen LogP contribution in [0.1, 0.15) is 46.5 Å². The van der Waals surface area contributed by atoms with Gasteiger partial charge in [0, 0.05) is 6.54 Å². The van der Waals surface area contributed by atoms with Crippen molar-refractivity contribution >= 4 is 22.8 Å². The third kappa shape index (κ3) is 2.32. The van der Waals surface area contributed by atoms with E-state index in [0.29, 0.717) is 5.92 Å². The van der Waals surface area contributed by atoms with E-state index in [9.17, 15) is 4.79 Å². The SMILES string of the molecule is CC(C)[C@]1(C)SC(=NCC2C[C@@H]3CC[C@H]2C3)NC1=O. The Morgan fingerprint density at radius 2 is 2.21 bits per heavy atom. The van der Waals surface area contributed by atoms with Gasteiger partial charge in [-0.15, -0.1) is 0 Å². The summed E-state index contributed by atoms with van der Waals surface area (Å²) < 4.78 is -0.340. The number of carbonyl (C=O) groups excluding carboxylic acids is 1. The summed E-state index contributed by atoms with van der Waals surface area (Å²) in [6, 6.07) is 0. The van der Waals surface area contributed by atoms with Crippen molar-refractivity contribution in [1.29, 1.82) is 0 Å². The summed E-state index contributed by atoms with van der Waals surface area (Å²) in [6.45, 7) is 7.15. The Bertz CT molecular complexity index is 420. The molecule has 3 aliphatic rings. The standard InChI is InChI=1S/C15H24N2OS/c1-9(2)15(3)13(18)17-14(19-15)16-8-12-7-10-4-5-11(12)6-10/h9-12H,4-8H2,1-3H3,(H,16,17,18)/t10-,11+,12?,15+/m1/s1. The molecule has 1 aliphatic heterocycles. The summed E-state index contributed by atoms with van der Waals surface area (Å²) in [5.74, 6) is 3.11. The van der Waals surface area contributed by atoms with Crippen LogP contribution in [0, 0.1) is 23.7 Å². The molecule has 0 aromatic rings. The van der Waals surface area contributed by atoms with Gasteiger partial charge >= 0.3 is 0 Å². The number of amides is 1. The molecule has 1 N–H and O–H groups in total. The predicted molar refractivity (Wildman–Crippen MR) is 80.2 cm³/mol. The van der Waals surface area contributed by atoms with Crippen LogP contribution < -0.4 is 5.32 Å². The average Bonchev–Trinajstić information content (AvgIpc) is 3.03. The summed E-state index contributed by atoms with van der Waals surface area (Å²) in [5, 5.41) is 3.82. The summed E-state index contributed by atoms with van der Waals surface area (Å²) in [4.78, 5) is 16.8. The third-order valence-corrected chi connectivity index (χ3v) is 6.94. The van der Waals surface area contributed by atoms with Gasteiger partial charge in [0.2, 0.25) is 5.91 Å². The van der Waals surface area contributed by atoms with E-state index in [1.807, 2.05) is 6.92 Å². The lowest BCUT2D eigenvalue weighted by molar-refractivity contribution is -0.122. The van der Waals surface area contributed by atoms with E-state index < -0.39 is 0 Å². The Morgan fingerprint density at radius 1 is 1.42 bits per heavy atom. The van der Waals surface area contributed by atoms with Crippen molar-refractivity contribution in [2.24, 2.45) is 28.7 Å². The summed E-state index contributed by atoms with van der Waals surface area (Å²) >= 11 is 1.62. The van der Waals surface area contributed by atoms with Crippen LogP contribution in [0.3, 0.4) is 0 Å². The molecule has 106 valence electrons. The first-order valence-electron chi connectivity index (χ1n) is 7.54. The monoisotopic (exact) mass is 280 g/mol. The van der Waals surface area contributed by atoms with Crippen molar-refractivity contribution in [1.82, 2.24) is 5.32 Å². The molecule has 4 heteroatoms. The van der Waals surface area contributed by atoms with E-state index in [-0.39, 0.29) is 10.7 Å². The average molecular weight is 280 g/mol. The highest BCUT2D eigenvalue weighted by Gasteiger charge is 2.45. The van der Waals surface area contributed by atoms with Crippen LogP contribution in [0.4, 0.5) is 0 Å². The maximum atomic E-state index is 12.1. The van der Waals surface area contributed by atoms with Crippen molar-refractivity contribution < 1.29 is 4.79 Å². The molecule has 2 bridgehead atoms. The number of hydrogen-bond acceptors (Lipinski definition) is 3. The minimum atomic E-state index is -0.340. The van der Waals surface area contributed by atoms with Crippen LogP contribution in [0.25, 0.3) is 0 Å². The lowest BCUT2D eigenvalue weighted by atomic mass is 9.89. The lowest BCUT2D eigenvalue weighted by Gasteiger charge is -2.23. The maximum Gasteiger partial charge on any atom is 0.242 e. The second kappa shape index (κ2) is 4.80. The first-order valence-corrected chi connectivity index (χ1v) is 8.35. The molecule has 1 heterocycles. The summed E-state index contributed by atoms with van der Waals surface area (Å²) in [5.41, 5.74) is 0. The van der Waals surface area contributed by atoms with Crippen molar-refractivity contribution in [2.45, 2.75) is 51.2 Å². The highest BCUT2D eigenvalue weighted by atomic mass is 32.2. The van der Waals surface area contributed by atoms with Crippen molar-refractivity contribution in [3.05, 3.63) is 0 Å². The van der Waals surface area contributed by atoms with Gasteiger partial charge < -0.3 is 5.32 Å². The molecule has 1 amide bonds. The fourth-order valence-corrected chi connectivity index (χ4v) is 4.81. The molecule has 4 atom stereocenters. The second-order valence-electron chi connectivity index (χ2n) is 6.90. The van der Waals surface area contributed by atoms with Gasteiger partial charge in [-0.05, 0) is 49.9 Å². The predicted octanol–water partition coefficient (Wildman–Crippen LogP) is 3.06. The van der Waals surface area contributed by atoms with E-state index >= 15 is 0 Å². The second-order valence-corrected chi connectivity index (χ2v) is 8.34. The van der Waals surface area contributed by atoms with E-state index in [0.717, 1.165) is 29.5 Å². The summed E-state index contributed by atoms with van der Waals surface area (Å²) in [6.07, 6.45) is 5.64. The van der Waals surface area contributed by atoms with Gasteiger partial charge in [0.1, 0.15) is 4.75 Å². The highest BCUT2D eigenvalue weighted by Crippen LogP contribution is 2.48. The zero-order valence-electron chi connectivity index (χ0n) is 12.1. The van der Waals surface area contributed by atoms with Crippen LogP contribution in [0.2, 0.25) is 0 Å².